The predicted molar refractivity (Wildman–Crippen MR) is 85.6 cm³/mol. The number of halogens is 3. The highest BCUT2D eigenvalue weighted by Gasteiger charge is 2.39. The maximum absolute atomic E-state index is 13.5. The molecule has 0 unspecified atom stereocenters. The van der Waals surface area contributed by atoms with Crippen molar-refractivity contribution in [3.8, 4) is 28.4 Å². The van der Waals surface area contributed by atoms with Crippen LogP contribution in [0.5, 0.6) is 17.2 Å². The molecule has 0 fully saturated rings. The normalized spacial score (nSPS) is 13.8. The molecule has 0 spiro atoms. The number of phenols is 1. The van der Waals surface area contributed by atoms with E-state index in [-0.39, 0.29) is 34.6 Å². The first-order valence-corrected chi connectivity index (χ1v) is 7.61. The molecule has 134 valence electrons. The van der Waals surface area contributed by atoms with Crippen molar-refractivity contribution in [1.29, 1.82) is 0 Å². The highest BCUT2D eigenvalue weighted by atomic mass is 19.4. The Morgan fingerprint density at radius 2 is 1.69 bits per heavy atom. The second-order valence-electron chi connectivity index (χ2n) is 5.67. The molecular formula is C18H11F3O5. The minimum absolute atomic E-state index is 0.00491. The molecule has 4 rings (SSSR count). The summed E-state index contributed by atoms with van der Waals surface area (Å²) < 4.78 is 56.3. The Morgan fingerprint density at radius 1 is 0.962 bits per heavy atom. The van der Waals surface area contributed by atoms with Gasteiger partial charge in [-0.1, -0.05) is 6.07 Å². The highest BCUT2D eigenvalue weighted by molar-refractivity contribution is 5.84. The average Bonchev–Trinajstić information content (AvgIpc) is 2.60. The minimum Gasteiger partial charge on any atom is -0.508 e. The van der Waals surface area contributed by atoms with E-state index in [9.17, 15) is 23.1 Å². The number of phenolic OH excluding ortho intramolecular Hbond substituents is 1. The van der Waals surface area contributed by atoms with Gasteiger partial charge in [-0.3, -0.25) is 4.79 Å². The Morgan fingerprint density at radius 3 is 2.42 bits per heavy atom. The van der Waals surface area contributed by atoms with Crippen LogP contribution in [-0.2, 0) is 6.18 Å². The summed E-state index contributed by atoms with van der Waals surface area (Å²) in [6, 6.07) is 7.52. The average molecular weight is 364 g/mol. The van der Waals surface area contributed by atoms with E-state index in [1.807, 2.05) is 0 Å². The van der Waals surface area contributed by atoms with E-state index in [1.165, 1.54) is 30.3 Å². The molecule has 26 heavy (non-hydrogen) atoms. The van der Waals surface area contributed by atoms with Crippen molar-refractivity contribution in [2.75, 3.05) is 13.2 Å². The zero-order chi connectivity index (χ0) is 18.5. The first-order valence-electron chi connectivity index (χ1n) is 7.61. The molecule has 0 saturated carbocycles. The van der Waals surface area contributed by atoms with E-state index in [2.05, 4.69) is 0 Å². The molecule has 1 N–H and O–H groups in total. The third-order valence-electron chi connectivity index (χ3n) is 3.96. The Hall–Kier alpha value is -3.16. The molecule has 0 amide bonds. The van der Waals surface area contributed by atoms with E-state index < -0.39 is 22.9 Å². The summed E-state index contributed by atoms with van der Waals surface area (Å²) in [7, 11) is 0. The molecule has 0 atom stereocenters. The Labute approximate surface area is 144 Å². The van der Waals surface area contributed by atoms with Gasteiger partial charge in [-0.2, -0.15) is 13.2 Å². The number of benzene rings is 2. The summed E-state index contributed by atoms with van der Waals surface area (Å²) in [6.07, 6.45) is -4.90. The summed E-state index contributed by atoms with van der Waals surface area (Å²) in [5, 5.41) is 9.39. The lowest BCUT2D eigenvalue weighted by Gasteiger charge is -2.19. The smallest absolute Gasteiger partial charge is 0.450 e. The number of fused-ring (bicyclic) bond motifs is 2. The van der Waals surface area contributed by atoms with Crippen molar-refractivity contribution >= 4 is 11.0 Å². The van der Waals surface area contributed by atoms with Crippen molar-refractivity contribution in [1.82, 2.24) is 0 Å². The molecule has 1 aromatic heterocycles. The van der Waals surface area contributed by atoms with E-state index in [0.29, 0.717) is 12.4 Å². The van der Waals surface area contributed by atoms with Crippen LogP contribution in [0.1, 0.15) is 5.76 Å². The fraction of sp³-hybridized carbons (Fsp3) is 0.167. The van der Waals surface area contributed by atoms with Gasteiger partial charge in [0.05, 0.1) is 10.9 Å². The molecule has 0 bridgehead atoms. The molecule has 1 aliphatic heterocycles. The number of ether oxygens (including phenoxy) is 2. The number of alkyl halides is 3. The van der Waals surface area contributed by atoms with Crippen LogP contribution in [-0.4, -0.2) is 18.3 Å². The Kier molecular flexibility index (Phi) is 3.57. The van der Waals surface area contributed by atoms with Crippen LogP contribution in [0.4, 0.5) is 13.2 Å². The van der Waals surface area contributed by atoms with Gasteiger partial charge in [0.2, 0.25) is 11.2 Å². The molecular weight excluding hydrogens is 353 g/mol. The lowest BCUT2D eigenvalue weighted by molar-refractivity contribution is -0.152. The van der Waals surface area contributed by atoms with Crippen LogP contribution in [0.15, 0.2) is 45.6 Å². The third-order valence-corrected chi connectivity index (χ3v) is 3.96. The maximum atomic E-state index is 13.5. The summed E-state index contributed by atoms with van der Waals surface area (Å²) in [5.41, 5.74) is -1.81. The van der Waals surface area contributed by atoms with Gasteiger partial charge in [-0.05, 0) is 29.8 Å². The number of hydrogen-bond acceptors (Lipinski definition) is 5. The van der Waals surface area contributed by atoms with Crippen molar-refractivity contribution in [3.05, 3.63) is 52.4 Å². The standard InChI is InChI=1S/C18H11F3O5/c19-18(20,21)17-15(9-1-4-12-14(7-9)25-6-5-24-12)16(23)11-3-2-10(22)8-13(11)26-17/h1-4,7-8,22H,5-6H2. The summed E-state index contributed by atoms with van der Waals surface area (Å²) in [4.78, 5) is 12.8. The van der Waals surface area contributed by atoms with Gasteiger partial charge < -0.3 is 19.0 Å². The van der Waals surface area contributed by atoms with Crippen LogP contribution in [0.2, 0.25) is 0 Å². The van der Waals surface area contributed by atoms with Gasteiger partial charge in [0, 0.05) is 6.07 Å². The molecule has 8 heteroatoms. The largest absolute Gasteiger partial charge is 0.508 e. The van der Waals surface area contributed by atoms with Crippen molar-refractivity contribution < 1.29 is 32.2 Å². The third kappa shape index (κ3) is 2.63. The second-order valence-corrected chi connectivity index (χ2v) is 5.67. The second kappa shape index (κ2) is 5.69. The maximum Gasteiger partial charge on any atom is 0.450 e. The van der Waals surface area contributed by atoms with E-state index in [0.717, 1.165) is 6.07 Å². The monoisotopic (exact) mass is 364 g/mol. The Bertz CT molecular complexity index is 1070. The molecule has 3 aromatic rings. The number of aromatic hydroxyl groups is 1. The molecule has 2 aromatic carbocycles. The van der Waals surface area contributed by atoms with Gasteiger partial charge in [0.1, 0.15) is 24.5 Å². The SMILES string of the molecule is O=c1c(-c2ccc3c(c2)OCCO3)c(C(F)(F)F)oc2cc(O)ccc12. The molecule has 0 saturated heterocycles. The van der Waals surface area contributed by atoms with Crippen molar-refractivity contribution in [3.63, 3.8) is 0 Å². The van der Waals surface area contributed by atoms with E-state index in [1.54, 1.807) is 0 Å². The van der Waals surface area contributed by atoms with E-state index >= 15 is 0 Å². The van der Waals surface area contributed by atoms with Gasteiger partial charge >= 0.3 is 6.18 Å². The fourth-order valence-electron chi connectivity index (χ4n) is 2.84. The van der Waals surface area contributed by atoms with Gasteiger partial charge in [-0.15, -0.1) is 0 Å². The molecule has 5 nitrogen and oxygen atoms in total. The van der Waals surface area contributed by atoms with Gasteiger partial charge in [-0.25, -0.2) is 0 Å². The highest BCUT2D eigenvalue weighted by Crippen LogP contribution is 2.40. The minimum atomic E-state index is -4.90. The van der Waals surface area contributed by atoms with Crippen LogP contribution < -0.4 is 14.9 Å². The lowest BCUT2D eigenvalue weighted by Crippen LogP contribution is -2.17. The van der Waals surface area contributed by atoms with Crippen LogP contribution in [0.25, 0.3) is 22.1 Å². The van der Waals surface area contributed by atoms with Crippen molar-refractivity contribution in [2.24, 2.45) is 0 Å². The van der Waals surface area contributed by atoms with Crippen LogP contribution >= 0.6 is 0 Å². The number of hydrogen-bond donors (Lipinski definition) is 1. The Balaban J connectivity index is 2.03. The molecule has 0 radical (unpaired) electrons. The van der Waals surface area contributed by atoms with Gasteiger partial charge in [0.15, 0.2) is 11.5 Å². The fourth-order valence-corrected chi connectivity index (χ4v) is 2.84. The van der Waals surface area contributed by atoms with Crippen LogP contribution in [0, 0.1) is 0 Å². The van der Waals surface area contributed by atoms with E-state index in [4.69, 9.17) is 13.9 Å². The van der Waals surface area contributed by atoms with Gasteiger partial charge in [0.25, 0.3) is 0 Å². The topological polar surface area (TPSA) is 68.9 Å². The zero-order valence-corrected chi connectivity index (χ0v) is 13.1. The first-order chi connectivity index (χ1) is 12.3. The van der Waals surface area contributed by atoms with Crippen molar-refractivity contribution in [2.45, 2.75) is 6.18 Å². The summed E-state index contributed by atoms with van der Waals surface area (Å²) in [6.45, 7) is 0.593. The van der Waals surface area contributed by atoms with Crippen LogP contribution in [0.3, 0.4) is 0 Å². The lowest BCUT2D eigenvalue weighted by atomic mass is 10.0. The molecule has 1 aliphatic rings. The predicted octanol–water partition coefficient (Wildman–Crippen LogP) is 3.96. The molecule has 2 heterocycles. The summed E-state index contributed by atoms with van der Waals surface area (Å²) >= 11 is 0. The summed E-state index contributed by atoms with van der Waals surface area (Å²) in [5.74, 6) is -1.09. The first kappa shape index (κ1) is 16.3. The zero-order valence-electron chi connectivity index (χ0n) is 13.1. The molecule has 0 aliphatic carbocycles. The quantitative estimate of drug-likeness (QED) is 0.708. The number of rotatable bonds is 1.